The minimum absolute atomic E-state index is 0. The van der Waals surface area contributed by atoms with Crippen molar-refractivity contribution in [1.82, 2.24) is 30.4 Å². The molecule has 0 fully saturated rings. The normalized spacial score (nSPS) is 11.4. The second-order valence-corrected chi connectivity index (χ2v) is 5.89. The van der Waals surface area contributed by atoms with Crippen molar-refractivity contribution in [2.24, 2.45) is 4.99 Å². The van der Waals surface area contributed by atoms with E-state index in [1.807, 2.05) is 28.8 Å². The lowest BCUT2D eigenvalue weighted by Crippen LogP contribution is -2.38. The second-order valence-electron chi connectivity index (χ2n) is 5.89. The number of guanidine groups is 1. The predicted molar refractivity (Wildman–Crippen MR) is 116 cm³/mol. The zero-order valence-corrected chi connectivity index (χ0v) is 18.2. The first-order chi connectivity index (χ1) is 12.8. The Bertz CT molecular complexity index is 865. The van der Waals surface area contributed by atoms with Gasteiger partial charge in [-0.05, 0) is 18.6 Å². The van der Waals surface area contributed by atoms with Crippen molar-refractivity contribution in [3.63, 3.8) is 0 Å². The van der Waals surface area contributed by atoms with Gasteiger partial charge in [0, 0.05) is 44.7 Å². The van der Waals surface area contributed by atoms with Crippen LogP contribution < -0.4 is 10.6 Å². The second kappa shape index (κ2) is 10.2. The summed E-state index contributed by atoms with van der Waals surface area (Å²) < 4.78 is 7.40. The first kappa shape index (κ1) is 21.1. The average Bonchev–Trinajstić information content (AvgIpc) is 3.28. The van der Waals surface area contributed by atoms with Crippen molar-refractivity contribution < 1.29 is 4.52 Å². The molecule has 0 aliphatic rings. The molecule has 3 rings (SSSR count). The summed E-state index contributed by atoms with van der Waals surface area (Å²) in [5.74, 6) is 2.59. The fourth-order valence-electron chi connectivity index (χ4n) is 2.88. The minimum Gasteiger partial charge on any atom is -0.361 e. The van der Waals surface area contributed by atoms with Crippen LogP contribution >= 0.6 is 24.0 Å². The maximum absolute atomic E-state index is 5.40. The zero-order chi connectivity index (χ0) is 18.4. The van der Waals surface area contributed by atoms with Gasteiger partial charge in [-0.1, -0.05) is 25.1 Å². The number of nitrogens with one attached hydrogen (secondary N) is 2. The smallest absolute Gasteiger partial charge is 0.191 e. The molecule has 3 heterocycles. The number of pyridine rings is 1. The Balaban J connectivity index is 0.00000261. The van der Waals surface area contributed by atoms with Crippen LogP contribution in [0.2, 0.25) is 0 Å². The van der Waals surface area contributed by atoms with Gasteiger partial charge in [0.2, 0.25) is 0 Å². The van der Waals surface area contributed by atoms with E-state index in [4.69, 9.17) is 4.52 Å². The molecule has 146 valence electrons. The number of hydrogen-bond acceptors (Lipinski definition) is 5. The van der Waals surface area contributed by atoms with E-state index in [9.17, 15) is 0 Å². The topological polar surface area (TPSA) is 92.6 Å². The Hall–Kier alpha value is -2.17. The van der Waals surface area contributed by atoms with E-state index in [-0.39, 0.29) is 24.0 Å². The molecule has 0 aliphatic carbocycles. The summed E-state index contributed by atoms with van der Waals surface area (Å²) in [4.78, 5) is 4.28. The number of rotatable bonds is 7. The summed E-state index contributed by atoms with van der Waals surface area (Å²) >= 11 is 0. The highest BCUT2D eigenvalue weighted by Crippen LogP contribution is 2.15. The third-order valence-electron chi connectivity index (χ3n) is 4.29. The van der Waals surface area contributed by atoms with Gasteiger partial charge >= 0.3 is 0 Å². The molecule has 0 amide bonds. The first-order valence-electron chi connectivity index (χ1n) is 8.96. The molecule has 8 nitrogen and oxygen atoms in total. The molecule has 0 aromatic carbocycles. The number of fused-ring (bicyclic) bond motifs is 1. The summed E-state index contributed by atoms with van der Waals surface area (Å²) in [6, 6.07) is 5.88. The number of aromatic nitrogens is 4. The summed E-state index contributed by atoms with van der Waals surface area (Å²) in [5, 5.41) is 19.2. The number of halogens is 1. The van der Waals surface area contributed by atoms with Crippen molar-refractivity contribution in [2.45, 2.75) is 39.7 Å². The summed E-state index contributed by atoms with van der Waals surface area (Å²) in [6.07, 6.45) is 4.41. The lowest BCUT2D eigenvalue weighted by Gasteiger charge is -2.11. The molecule has 0 spiro atoms. The van der Waals surface area contributed by atoms with E-state index in [1.165, 1.54) is 0 Å². The molecule has 3 aromatic heterocycles. The van der Waals surface area contributed by atoms with Gasteiger partial charge in [-0.25, -0.2) is 0 Å². The monoisotopic (exact) mass is 483 g/mol. The molecule has 0 aliphatic heterocycles. The van der Waals surface area contributed by atoms with Gasteiger partial charge in [0.05, 0.1) is 5.69 Å². The molecule has 0 saturated heterocycles. The maximum Gasteiger partial charge on any atom is 0.191 e. The van der Waals surface area contributed by atoms with Gasteiger partial charge in [0.1, 0.15) is 11.6 Å². The Morgan fingerprint density at radius 1 is 1.19 bits per heavy atom. The molecule has 9 heteroatoms. The minimum atomic E-state index is 0. The molecule has 0 saturated carbocycles. The number of aryl methyl sites for hydroxylation is 2. The lowest BCUT2D eigenvalue weighted by molar-refractivity contribution is 0.380. The lowest BCUT2D eigenvalue weighted by atomic mass is 10.1. The van der Waals surface area contributed by atoms with Gasteiger partial charge in [-0.15, -0.1) is 34.2 Å². The van der Waals surface area contributed by atoms with Crippen LogP contribution in [0.15, 0.2) is 33.9 Å². The Labute approximate surface area is 175 Å². The van der Waals surface area contributed by atoms with Crippen molar-refractivity contribution in [2.75, 3.05) is 13.6 Å². The summed E-state index contributed by atoms with van der Waals surface area (Å²) in [6.45, 7) is 5.50. The zero-order valence-electron chi connectivity index (χ0n) is 15.9. The van der Waals surface area contributed by atoms with Gasteiger partial charge < -0.3 is 15.2 Å². The van der Waals surface area contributed by atoms with Crippen molar-refractivity contribution in [3.8, 4) is 0 Å². The first-order valence-corrected chi connectivity index (χ1v) is 8.96. The van der Waals surface area contributed by atoms with Gasteiger partial charge in [-0.2, -0.15) is 0 Å². The van der Waals surface area contributed by atoms with Gasteiger partial charge in [-0.3, -0.25) is 9.39 Å². The molecule has 0 atom stereocenters. The quantitative estimate of drug-likeness (QED) is 0.305. The summed E-state index contributed by atoms with van der Waals surface area (Å²) in [5.41, 5.74) is 2.98. The molecule has 0 radical (unpaired) electrons. The number of hydrogen-bond donors (Lipinski definition) is 2. The van der Waals surface area contributed by atoms with E-state index in [0.717, 1.165) is 53.7 Å². The van der Waals surface area contributed by atoms with E-state index in [0.29, 0.717) is 13.1 Å². The van der Waals surface area contributed by atoms with Crippen molar-refractivity contribution >= 4 is 35.6 Å². The van der Waals surface area contributed by atoms with Crippen LogP contribution in [0.5, 0.6) is 0 Å². The summed E-state index contributed by atoms with van der Waals surface area (Å²) in [7, 11) is 1.76. The van der Waals surface area contributed by atoms with Crippen LogP contribution in [0.25, 0.3) is 5.65 Å². The van der Waals surface area contributed by atoms with E-state index in [2.05, 4.69) is 44.8 Å². The molecular formula is C18H26IN7O. The van der Waals surface area contributed by atoms with Crippen LogP contribution in [0, 0.1) is 0 Å². The average molecular weight is 483 g/mol. The standard InChI is InChI=1S/C18H25N7O.HI/c1-4-14-13(15(5-2)26-24-14)12-21-18(19-3)20-10-9-17-23-22-16-8-6-7-11-25(16)17;/h6-8,11H,4-5,9-10,12H2,1-3H3,(H2,19,20,21);1H. The van der Waals surface area contributed by atoms with E-state index in [1.54, 1.807) is 7.05 Å². The highest BCUT2D eigenvalue weighted by molar-refractivity contribution is 14.0. The molecule has 3 aromatic rings. The van der Waals surface area contributed by atoms with Crippen LogP contribution in [-0.4, -0.2) is 39.3 Å². The van der Waals surface area contributed by atoms with Gasteiger partial charge in [0.15, 0.2) is 11.6 Å². The van der Waals surface area contributed by atoms with Crippen LogP contribution in [-0.2, 0) is 25.8 Å². The SMILES string of the molecule is CCc1noc(CC)c1CNC(=NC)NCCc1nnc2ccccn12.I. The highest BCUT2D eigenvalue weighted by Gasteiger charge is 2.13. The fraction of sp³-hybridized carbons (Fsp3) is 0.444. The Kier molecular flexibility index (Phi) is 8.01. The van der Waals surface area contributed by atoms with Crippen LogP contribution in [0.3, 0.4) is 0 Å². The Morgan fingerprint density at radius 3 is 2.78 bits per heavy atom. The molecule has 0 unspecified atom stereocenters. The fourth-order valence-corrected chi connectivity index (χ4v) is 2.88. The molecule has 27 heavy (non-hydrogen) atoms. The highest BCUT2D eigenvalue weighted by atomic mass is 127. The third kappa shape index (κ3) is 4.96. The predicted octanol–water partition coefficient (Wildman–Crippen LogP) is 2.37. The number of aliphatic imine (C=N–C) groups is 1. The van der Waals surface area contributed by atoms with Crippen LogP contribution in [0.4, 0.5) is 0 Å². The van der Waals surface area contributed by atoms with E-state index >= 15 is 0 Å². The largest absolute Gasteiger partial charge is 0.361 e. The molecule has 2 N–H and O–H groups in total. The van der Waals surface area contributed by atoms with Crippen molar-refractivity contribution in [3.05, 3.63) is 47.2 Å². The van der Waals surface area contributed by atoms with Gasteiger partial charge in [0.25, 0.3) is 0 Å². The third-order valence-corrected chi connectivity index (χ3v) is 4.29. The van der Waals surface area contributed by atoms with E-state index < -0.39 is 0 Å². The number of nitrogens with zero attached hydrogens (tertiary/aromatic N) is 5. The molecule has 0 bridgehead atoms. The molecular weight excluding hydrogens is 457 g/mol. The maximum atomic E-state index is 5.40. The van der Waals surface area contributed by atoms with Crippen molar-refractivity contribution in [1.29, 1.82) is 0 Å². The van der Waals surface area contributed by atoms with Crippen LogP contribution in [0.1, 0.15) is 36.7 Å². The Morgan fingerprint density at radius 2 is 2.04 bits per heavy atom.